The van der Waals surface area contributed by atoms with Crippen molar-refractivity contribution in [2.24, 2.45) is 5.73 Å². The standard InChI is InChI=1S/C18H17N3O2S2/c1-11-20-21-18(24-11)25-15-7-3-6-14(10-15)13-5-2-4-12(8-13)9-16(19)17(22)23/h2-8,10,16H,9,19H2,1H3,(H,22,23). The van der Waals surface area contributed by atoms with Crippen LogP contribution in [0.4, 0.5) is 0 Å². The van der Waals surface area contributed by atoms with Gasteiger partial charge in [-0.25, -0.2) is 0 Å². The van der Waals surface area contributed by atoms with E-state index in [1.54, 1.807) is 23.1 Å². The Bertz CT molecular complexity index is 895. The van der Waals surface area contributed by atoms with Gasteiger partial charge in [0.15, 0.2) is 4.34 Å². The first kappa shape index (κ1) is 17.6. The van der Waals surface area contributed by atoms with Crippen molar-refractivity contribution in [3.05, 3.63) is 59.1 Å². The van der Waals surface area contributed by atoms with Crippen LogP contribution in [0.2, 0.25) is 0 Å². The Hall–Kier alpha value is -2.22. The smallest absolute Gasteiger partial charge is 0.320 e. The minimum Gasteiger partial charge on any atom is -0.480 e. The van der Waals surface area contributed by atoms with Crippen LogP contribution >= 0.6 is 23.1 Å². The third kappa shape index (κ3) is 4.66. The van der Waals surface area contributed by atoms with Gasteiger partial charge in [0.25, 0.3) is 0 Å². The summed E-state index contributed by atoms with van der Waals surface area (Å²) in [7, 11) is 0. The zero-order valence-corrected chi connectivity index (χ0v) is 15.2. The summed E-state index contributed by atoms with van der Waals surface area (Å²) in [5.41, 5.74) is 8.64. The van der Waals surface area contributed by atoms with E-state index in [2.05, 4.69) is 16.3 Å². The van der Waals surface area contributed by atoms with Gasteiger partial charge in [-0.2, -0.15) is 0 Å². The molecule has 0 aliphatic rings. The molecule has 1 aromatic heterocycles. The van der Waals surface area contributed by atoms with Gasteiger partial charge in [0.2, 0.25) is 0 Å². The summed E-state index contributed by atoms with van der Waals surface area (Å²) in [6.07, 6.45) is 0.307. The molecule has 0 spiro atoms. The molecular weight excluding hydrogens is 354 g/mol. The molecule has 3 N–H and O–H groups in total. The highest BCUT2D eigenvalue weighted by Crippen LogP contribution is 2.32. The minimum atomic E-state index is -0.990. The fourth-order valence-electron chi connectivity index (χ4n) is 2.38. The number of nitrogens with zero attached hydrogens (tertiary/aromatic N) is 2. The number of hydrogen-bond donors (Lipinski definition) is 2. The molecule has 3 aromatic rings. The number of carbonyl (C=O) groups is 1. The molecule has 7 heteroatoms. The number of aliphatic carboxylic acids is 1. The molecule has 2 aromatic carbocycles. The number of carboxylic acids is 1. The third-order valence-corrected chi connectivity index (χ3v) is 5.46. The molecule has 0 aliphatic heterocycles. The first-order valence-electron chi connectivity index (χ1n) is 7.67. The number of benzene rings is 2. The summed E-state index contributed by atoms with van der Waals surface area (Å²) >= 11 is 3.15. The SMILES string of the molecule is Cc1nnc(Sc2cccc(-c3cccc(CC(N)C(=O)O)c3)c2)s1. The maximum atomic E-state index is 10.9. The molecule has 0 radical (unpaired) electrons. The Kier molecular flexibility index (Phi) is 5.47. The predicted molar refractivity (Wildman–Crippen MR) is 100.0 cm³/mol. The van der Waals surface area contributed by atoms with Gasteiger partial charge < -0.3 is 10.8 Å². The Morgan fingerprint density at radius 1 is 1.20 bits per heavy atom. The van der Waals surface area contributed by atoms with Crippen molar-refractivity contribution in [1.29, 1.82) is 0 Å². The Morgan fingerprint density at radius 2 is 1.92 bits per heavy atom. The van der Waals surface area contributed by atoms with Gasteiger partial charge in [-0.05, 0) is 42.2 Å². The van der Waals surface area contributed by atoms with E-state index in [9.17, 15) is 4.79 Å². The van der Waals surface area contributed by atoms with Crippen LogP contribution in [0.5, 0.6) is 0 Å². The molecule has 0 saturated carbocycles. The molecule has 1 heterocycles. The lowest BCUT2D eigenvalue weighted by molar-refractivity contribution is -0.138. The summed E-state index contributed by atoms with van der Waals surface area (Å²) in [4.78, 5) is 12.0. The van der Waals surface area contributed by atoms with Crippen molar-refractivity contribution in [3.8, 4) is 11.1 Å². The number of aromatic nitrogens is 2. The largest absolute Gasteiger partial charge is 0.480 e. The molecule has 1 atom stereocenters. The van der Waals surface area contributed by atoms with Crippen molar-refractivity contribution in [2.45, 2.75) is 28.6 Å². The van der Waals surface area contributed by atoms with Crippen molar-refractivity contribution >= 4 is 29.1 Å². The second-order valence-corrected chi connectivity index (χ2v) is 8.07. The normalized spacial score (nSPS) is 12.1. The number of nitrogens with two attached hydrogens (primary N) is 1. The lowest BCUT2D eigenvalue weighted by Crippen LogP contribution is -2.32. The summed E-state index contributed by atoms with van der Waals surface area (Å²) in [5.74, 6) is -0.990. The van der Waals surface area contributed by atoms with Crippen molar-refractivity contribution in [1.82, 2.24) is 10.2 Å². The summed E-state index contributed by atoms with van der Waals surface area (Å²) in [6, 6.07) is 15.1. The molecule has 3 rings (SSSR count). The highest BCUT2D eigenvalue weighted by Gasteiger charge is 2.12. The second kappa shape index (κ2) is 7.77. The number of carboxylic acid groups (broad SMARTS) is 1. The van der Waals surface area contributed by atoms with E-state index in [-0.39, 0.29) is 0 Å². The molecule has 0 amide bonds. The van der Waals surface area contributed by atoms with Gasteiger partial charge in [0.05, 0.1) is 0 Å². The number of rotatable bonds is 6. The third-order valence-electron chi connectivity index (χ3n) is 3.58. The van der Waals surface area contributed by atoms with Crippen molar-refractivity contribution in [2.75, 3.05) is 0 Å². The van der Waals surface area contributed by atoms with E-state index in [1.165, 1.54) is 0 Å². The van der Waals surface area contributed by atoms with Crippen LogP contribution in [0.25, 0.3) is 11.1 Å². The monoisotopic (exact) mass is 371 g/mol. The summed E-state index contributed by atoms with van der Waals surface area (Å²) in [5, 5.41) is 18.1. The quantitative estimate of drug-likeness (QED) is 0.688. The maximum Gasteiger partial charge on any atom is 0.320 e. The highest BCUT2D eigenvalue weighted by molar-refractivity contribution is 8.01. The van der Waals surface area contributed by atoms with Crippen molar-refractivity contribution in [3.63, 3.8) is 0 Å². The average Bonchev–Trinajstić information content (AvgIpc) is 3.00. The summed E-state index contributed by atoms with van der Waals surface area (Å²) in [6.45, 7) is 1.94. The van der Waals surface area contributed by atoms with Gasteiger partial charge in [-0.15, -0.1) is 10.2 Å². The molecule has 1 unspecified atom stereocenters. The fraction of sp³-hybridized carbons (Fsp3) is 0.167. The Morgan fingerprint density at radius 3 is 2.60 bits per heavy atom. The van der Waals surface area contributed by atoms with Crippen LogP contribution in [0.1, 0.15) is 10.6 Å². The van der Waals surface area contributed by atoms with Crippen LogP contribution in [0.15, 0.2) is 57.8 Å². The first-order valence-corrected chi connectivity index (χ1v) is 9.30. The molecule has 0 fully saturated rings. The number of aryl methyl sites for hydroxylation is 1. The molecule has 5 nitrogen and oxygen atoms in total. The van der Waals surface area contributed by atoms with Gasteiger partial charge >= 0.3 is 5.97 Å². The van der Waals surface area contributed by atoms with E-state index < -0.39 is 12.0 Å². The lowest BCUT2D eigenvalue weighted by atomic mass is 10.00. The topological polar surface area (TPSA) is 89.1 Å². The molecule has 0 bridgehead atoms. The molecule has 25 heavy (non-hydrogen) atoms. The van der Waals surface area contributed by atoms with Crippen molar-refractivity contribution < 1.29 is 9.90 Å². The Labute approximate surface area is 153 Å². The molecular formula is C18H17N3O2S2. The molecule has 0 aliphatic carbocycles. The van der Waals surface area contributed by atoms with Crippen LogP contribution in [-0.4, -0.2) is 27.3 Å². The fourth-order valence-corrected chi connectivity index (χ4v) is 4.23. The maximum absolute atomic E-state index is 10.9. The Balaban J connectivity index is 1.82. The summed E-state index contributed by atoms with van der Waals surface area (Å²) < 4.78 is 0.913. The van der Waals surface area contributed by atoms with Gasteiger partial charge in [0.1, 0.15) is 11.0 Å². The van der Waals surface area contributed by atoms with E-state index in [4.69, 9.17) is 10.8 Å². The number of hydrogen-bond acceptors (Lipinski definition) is 6. The van der Waals surface area contributed by atoms with E-state index in [0.29, 0.717) is 6.42 Å². The predicted octanol–water partition coefficient (Wildman–Crippen LogP) is 3.62. The first-order chi connectivity index (χ1) is 12.0. The highest BCUT2D eigenvalue weighted by atomic mass is 32.2. The van der Waals surface area contributed by atoms with Gasteiger partial charge in [-0.1, -0.05) is 59.5 Å². The minimum absolute atomic E-state index is 0.307. The second-order valence-electron chi connectivity index (χ2n) is 5.57. The molecule has 0 saturated heterocycles. The van der Waals surface area contributed by atoms with E-state index >= 15 is 0 Å². The zero-order chi connectivity index (χ0) is 17.8. The average molecular weight is 371 g/mol. The van der Waals surface area contributed by atoms with Crippen LogP contribution in [0, 0.1) is 6.92 Å². The molecule has 128 valence electrons. The van der Waals surface area contributed by atoms with Crippen LogP contribution in [-0.2, 0) is 11.2 Å². The zero-order valence-electron chi connectivity index (χ0n) is 13.5. The van der Waals surface area contributed by atoms with Gasteiger partial charge in [0, 0.05) is 4.90 Å². The van der Waals surface area contributed by atoms with Gasteiger partial charge in [-0.3, -0.25) is 4.79 Å². The van der Waals surface area contributed by atoms with E-state index in [1.807, 2.05) is 49.4 Å². The van der Waals surface area contributed by atoms with Crippen LogP contribution in [0.3, 0.4) is 0 Å². The lowest BCUT2D eigenvalue weighted by Gasteiger charge is -2.09. The van der Waals surface area contributed by atoms with Crippen LogP contribution < -0.4 is 5.73 Å². The van der Waals surface area contributed by atoms with E-state index in [0.717, 1.165) is 30.9 Å².